The van der Waals surface area contributed by atoms with Gasteiger partial charge in [0.1, 0.15) is 0 Å². The van der Waals surface area contributed by atoms with Crippen LogP contribution < -0.4 is 10.2 Å². The fourth-order valence-corrected chi connectivity index (χ4v) is 1.51. The molecule has 0 bridgehead atoms. The molecule has 84 valence electrons. The van der Waals surface area contributed by atoms with Crippen LogP contribution in [0.5, 0.6) is 0 Å². The Hall–Kier alpha value is -1.06. The zero-order chi connectivity index (χ0) is 11.3. The van der Waals surface area contributed by atoms with Gasteiger partial charge in [0.2, 0.25) is 0 Å². The van der Waals surface area contributed by atoms with Gasteiger partial charge in [-0.3, -0.25) is 0 Å². The summed E-state index contributed by atoms with van der Waals surface area (Å²) in [4.78, 5) is 2.09. The quantitative estimate of drug-likeness (QED) is 0.796. The third-order valence-electron chi connectivity index (χ3n) is 2.46. The lowest BCUT2D eigenvalue weighted by atomic mass is 10.1. The van der Waals surface area contributed by atoms with Crippen molar-refractivity contribution in [2.75, 3.05) is 39.7 Å². The number of anilines is 1. The largest absolute Gasteiger partial charge is 0.378 e. The summed E-state index contributed by atoms with van der Waals surface area (Å²) >= 11 is 0. The molecule has 3 nitrogen and oxygen atoms in total. The van der Waals surface area contributed by atoms with Gasteiger partial charge in [-0.05, 0) is 24.7 Å². The number of hydrogen-bond acceptors (Lipinski definition) is 3. The van der Waals surface area contributed by atoms with Gasteiger partial charge in [0.15, 0.2) is 0 Å². The van der Waals surface area contributed by atoms with E-state index in [2.05, 4.69) is 34.5 Å². The van der Waals surface area contributed by atoms with Crippen molar-refractivity contribution in [3.8, 4) is 0 Å². The Morgan fingerprint density at radius 2 is 1.87 bits per heavy atom. The smallest absolute Gasteiger partial charge is 0.0945 e. The van der Waals surface area contributed by atoms with Crippen molar-refractivity contribution in [2.45, 2.75) is 6.10 Å². The van der Waals surface area contributed by atoms with E-state index >= 15 is 0 Å². The van der Waals surface area contributed by atoms with E-state index < -0.39 is 0 Å². The fraction of sp³-hybridized carbons (Fsp3) is 0.500. The van der Waals surface area contributed by atoms with Gasteiger partial charge in [-0.2, -0.15) is 0 Å². The van der Waals surface area contributed by atoms with Crippen LogP contribution in [0.15, 0.2) is 24.3 Å². The molecule has 0 fully saturated rings. The van der Waals surface area contributed by atoms with Crippen LogP contribution in [-0.2, 0) is 4.74 Å². The zero-order valence-electron chi connectivity index (χ0n) is 9.95. The molecular formula is C12H20N2O. The predicted molar refractivity (Wildman–Crippen MR) is 64.4 cm³/mol. The first kappa shape index (κ1) is 12.0. The molecule has 0 saturated carbocycles. The third kappa shape index (κ3) is 3.22. The second-order valence-corrected chi connectivity index (χ2v) is 3.77. The lowest BCUT2D eigenvalue weighted by molar-refractivity contribution is 0.104. The molecule has 0 aliphatic heterocycles. The number of ether oxygens (including phenoxy) is 1. The highest BCUT2D eigenvalue weighted by Gasteiger charge is 2.08. The summed E-state index contributed by atoms with van der Waals surface area (Å²) < 4.78 is 5.40. The summed E-state index contributed by atoms with van der Waals surface area (Å²) in [6.45, 7) is 0.831. The normalized spacial score (nSPS) is 12.5. The van der Waals surface area contributed by atoms with E-state index in [0.29, 0.717) is 0 Å². The maximum Gasteiger partial charge on any atom is 0.0945 e. The van der Waals surface area contributed by atoms with Crippen LogP contribution in [0.1, 0.15) is 11.7 Å². The van der Waals surface area contributed by atoms with Gasteiger partial charge in [0.05, 0.1) is 6.10 Å². The molecule has 1 aromatic rings. The number of benzene rings is 1. The molecule has 0 aliphatic rings. The van der Waals surface area contributed by atoms with E-state index in [9.17, 15) is 0 Å². The molecule has 0 saturated heterocycles. The Balaban J connectivity index is 2.77. The number of methoxy groups -OCH3 is 1. The van der Waals surface area contributed by atoms with Gasteiger partial charge >= 0.3 is 0 Å². The zero-order valence-corrected chi connectivity index (χ0v) is 9.95. The average molecular weight is 208 g/mol. The minimum Gasteiger partial charge on any atom is -0.378 e. The lowest BCUT2D eigenvalue weighted by Crippen LogP contribution is -2.18. The SMILES string of the molecule is CNCC(OC)c1ccc(N(C)C)cc1. The lowest BCUT2D eigenvalue weighted by Gasteiger charge is -2.17. The van der Waals surface area contributed by atoms with E-state index in [1.165, 1.54) is 11.3 Å². The monoisotopic (exact) mass is 208 g/mol. The first-order chi connectivity index (χ1) is 7.19. The molecule has 1 rings (SSSR count). The number of nitrogens with one attached hydrogen (secondary N) is 1. The molecule has 1 unspecified atom stereocenters. The highest BCUT2D eigenvalue weighted by molar-refractivity contribution is 5.46. The van der Waals surface area contributed by atoms with E-state index in [0.717, 1.165) is 6.54 Å². The second-order valence-electron chi connectivity index (χ2n) is 3.77. The summed E-state index contributed by atoms with van der Waals surface area (Å²) in [5, 5.41) is 3.12. The van der Waals surface area contributed by atoms with Crippen LogP contribution in [0.25, 0.3) is 0 Å². The molecule has 3 heteroatoms. The Labute approximate surface area is 92.0 Å². The molecule has 0 radical (unpaired) electrons. The van der Waals surface area contributed by atoms with Gasteiger partial charge < -0.3 is 15.0 Å². The van der Waals surface area contributed by atoms with Crippen molar-refractivity contribution in [1.29, 1.82) is 0 Å². The van der Waals surface area contributed by atoms with E-state index in [1.54, 1.807) is 7.11 Å². The second kappa shape index (κ2) is 5.73. The summed E-state index contributed by atoms with van der Waals surface area (Å²) in [6.07, 6.45) is 0.131. The molecule has 0 amide bonds. The number of nitrogens with zero attached hydrogens (tertiary/aromatic N) is 1. The number of likely N-dealkylation sites (N-methyl/N-ethyl adjacent to an activating group) is 1. The number of rotatable bonds is 5. The van der Waals surface area contributed by atoms with E-state index in [1.807, 2.05) is 21.1 Å². The first-order valence-corrected chi connectivity index (χ1v) is 5.13. The van der Waals surface area contributed by atoms with Crippen LogP contribution in [0.2, 0.25) is 0 Å². The Morgan fingerprint density at radius 1 is 1.27 bits per heavy atom. The summed E-state index contributed by atoms with van der Waals surface area (Å²) in [5.74, 6) is 0. The van der Waals surface area contributed by atoms with Crippen LogP contribution in [0, 0.1) is 0 Å². The molecule has 0 spiro atoms. The van der Waals surface area contributed by atoms with Crippen molar-refractivity contribution >= 4 is 5.69 Å². The van der Waals surface area contributed by atoms with E-state index in [4.69, 9.17) is 4.74 Å². The van der Waals surface area contributed by atoms with Gasteiger partial charge in [-0.25, -0.2) is 0 Å². The minimum atomic E-state index is 0.131. The van der Waals surface area contributed by atoms with Crippen molar-refractivity contribution in [3.05, 3.63) is 29.8 Å². The Morgan fingerprint density at radius 3 is 2.27 bits per heavy atom. The summed E-state index contributed by atoms with van der Waals surface area (Å²) in [7, 11) is 7.74. The summed E-state index contributed by atoms with van der Waals surface area (Å²) in [5.41, 5.74) is 2.41. The average Bonchev–Trinajstić information content (AvgIpc) is 2.26. The third-order valence-corrected chi connectivity index (χ3v) is 2.46. The van der Waals surface area contributed by atoms with Gasteiger partial charge in [0, 0.05) is 33.4 Å². The van der Waals surface area contributed by atoms with Gasteiger partial charge in [-0.15, -0.1) is 0 Å². The molecular weight excluding hydrogens is 188 g/mol. The van der Waals surface area contributed by atoms with Gasteiger partial charge in [-0.1, -0.05) is 12.1 Å². The number of hydrogen-bond donors (Lipinski definition) is 1. The topological polar surface area (TPSA) is 24.5 Å². The Kier molecular flexibility index (Phi) is 4.59. The molecule has 0 aromatic heterocycles. The highest BCUT2D eigenvalue weighted by Crippen LogP contribution is 2.19. The molecule has 15 heavy (non-hydrogen) atoms. The van der Waals surface area contributed by atoms with E-state index in [-0.39, 0.29) is 6.10 Å². The molecule has 0 heterocycles. The van der Waals surface area contributed by atoms with Crippen LogP contribution in [-0.4, -0.2) is 34.8 Å². The van der Waals surface area contributed by atoms with Crippen molar-refractivity contribution in [3.63, 3.8) is 0 Å². The van der Waals surface area contributed by atoms with Crippen LogP contribution in [0.3, 0.4) is 0 Å². The first-order valence-electron chi connectivity index (χ1n) is 5.13. The van der Waals surface area contributed by atoms with Crippen molar-refractivity contribution in [1.82, 2.24) is 5.32 Å². The highest BCUT2D eigenvalue weighted by atomic mass is 16.5. The maximum absolute atomic E-state index is 5.40. The molecule has 1 N–H and O–H groups in total. The predicted octanol–water partition coefficient (Wildman–Crippen LogP) is 1.66. The molecule has 0 aliphatic carbocycles. The van der Waals surface area contributed by atoms with Crippen LogP contribution in [0.4, 0.5) is 5.69 Å². The standard InChI is InChI=1S/C12H20N2O/c1-13-9-12(15-4)10-5-7-11(8-6-10)14(2)3/h5-8,12-13H,9H2,1-4H3. The van der Waals surface area contributed by atoms with Crippen LogP contribution >= 0.6 is 0 Å². The fourth-order valence-electron chi connectivity index (χ4n) is 1.51. The van der Waals surface area contributed by atoms with Gasteiger partial charge in [0.25, 0.3) is 0 Å². The molecule has 1 aromatic carbocycles. The minimum absolute atomic E-state index is 0.131. The van der Waals surface area contributed by atoms with Crippen molar-refractivity contribution in [2.24, 2.45) is 0 Å². The Bertz CT molecular complexity index is 282. The van der Waals surface area contributed by atoms with Crippen molar-refractivity contribution < 1.29 is 4.74 Å². The summed E-state index contributed by atoms with van der Waals surface area (Å²) in [6, 6.07) is 8.44. The molecule has 1 atom stereocenters. The maximum atomic E-state index is 5.40.